The third-order valence-corrected chi connectivity index (χ3v) is 3.70. The van der Waals surface area contributed by atoms with Crippen molar-refractivity contribution in [3.63, 3.8) is 0 Å². The Hall–Kier alpha value is -2.35. The van der Waals surface area contributed by atoms with Gasteiger partial charge < -0.3 is 0 Å². The number of carbonyl (C=O) groups is 1. The van der Waals surface area contributed by atoms with Crippen LogP contribution in [0.3, 0.4) is 0 Å². The number of benzene rings is 1. The SMILES string of the molecule is [N-]=[N+]=N[C@@H]1C(=O)N(S(=O)(=O)O)[C@@H]1C=Cc1ccccc1. The van der Waals surface area contributed by atoms with Gasteiger partial charge in [0.15, 0.2) is 0 Å². The van der Waals surface area contributed by atoms with E-state index < -0.39 is 28.3 Å². The Kier molecular flexibility index (Phi) is 3.75. The molecule has 1 aliphatic rings. The second kappa shape index (κ2) is 5.33. The summed E-state index contributed by atoms with van der Waals surface area (Å²) >= 11 is 0. The first kappa shape index (κ1) is 14.1. The van der Waals surface area contributed by atoms with Crippen molar-refractivity contribution in [1.82, 2.24) is 4.31 Å². The van der Waals surface area contributed by atoms with Gasteiger partial charge in [0.2, 0.25) is 5.91 Å². The Labute approximate surface area is 114 Å². The maximum Gasteiger partial charge on any atom is 0.362 e. The molecule has 0 spiro atoms. The number of nitrogens with zero attached hydrogens (tertiary/aromatic N) is 4. The van der Waals surface area contributed by atoms with Crippen LogP contribution in [0.15, 0.2) is 41.5 Å². The lowest BCUT2D eigenvalue weighted by molar-refractivity contribution is -0.138. The normalized spacial score (nSPS) is 22.4. The first-order valence-electron chi connectivity index (χ1n) is 5.53. The Morgan fingerprint density at radius 2 is 2.00 bits per heavy atom. The smallest absolute Gasteiger partial charge is 0.273 e. The lowest BCUT2D eigenvalue weighted by Crippen LogP contribution is -2.64. The zero-order valence-electron chi connectivity index (χ0n) is 10.1. The quantitative estimate of drug-likeness (QED) is 0.296. The van der Waals surface area contributed by atoms with E-state index in [0.717, 1.165) is 5.56 Å². The standard InChI is InChI=1S/C11H10N4O4S/c12-14-13-10-9(15(11(10)16)20(17,18)19)7-6-8-4-2-1-3-5-8/h1-7,9-10H,(H,17,18,19)/t9-,10+/m1/s1. The fourth-order valence-electron chi connectivity index (χ4n) is 1.87. The Bertz CT molecular complexity index is 694. The first-order valence-corrected chi connectivity index (χ1v) is 6.93. The molecule has 0 aliphatic carbocycles. The summed E-state index contributed by atoms with van der Waals surface area (Å²) in [5.74, 6) is -0.951. The highest BCUT2D eigenvalue weighted by atomic mass is 32.2. The van der Waals surface area contributed by atoms with Crippen molar-refractivity contribution in [1.29, 1.82) is 0 Å². The molecule has 1 heterocycles. The van der Waals surface area contributed by atoms with E-state index in [9.17, 15) is 13.2 Å². The van der Waals surface area contributed by atoms with E-state index in [0.29, 0.717) is 0 Å². The highest BCUT2D eigenvalue weighted by Gasteiger charge is 2.51. The van der Waals surface area contributed by atoms with Crippen LogP contribution in [0.2, 0.25) is 0 Å². The molecule has 20 heavy (non-hydrogen) atoms. The van der Waals surface area contributed by atoms with Gasteiger partial charge in [0.05, 0.1) is 6.04 Å². The predicted molar refractivity (Wildman–Crippen MR) is 70.6 cm³/mol. The van der Waals surface area contributed by atoms with Gasteiger partial charge in [-0.1, -0.05) is 47.6 Å². The monoisotopic (exact) mass is 294 g/mol. The van der Waals surface area contributed by atoms with E-state index in [1.165, 1.54) is 6.08 Å². The highest BCUT2D eigenvalue weighted by molar-refractivity contribution is 7.84. The Balaban J connectivity index is 2.28. The number of rotatable bonds is 4. The van der Waals surface area contributed by atoms with Gasteiger partial charge in [-0.3, -0.25) is 9.35 Å². The zero-order valence-corrected chi connectivity index (χ0v) is 10.9. The molecule has 0 bridgehead atoms. The first-order chi connectivity index (χ1) is 9.45. The lowest BCUT2D eigenvalue weighted by atomic mass is 9.98. The van der Waals surface area contributed by atoms with Crippen molar-refractivity contribution in [2.24, 2.45) is 5.11 Å². The summed E-state index contributed by atoms with van der Waals surface area (Å²) in [5, 5.41) is 3.23. The third-order valence-electron chi connectivity index (χ3n) is 2.77. The third kappa shape index (κ3) is 2.64. The topological polar surface area (TPSA) is 123 Å². The van der Waals surface area contributed by atoms with Crippen LogP contribution in [0, 0.1) is 0 Å². The molecule has 1 saturated heterocycles. The summed E-state index contributed by atoms with van der Waals surface area (Å²) in [5.41, 5.74) is 9.14. The molecule has 1 aromatic rings. The summed E-state index contributed by atoms with van der Waals surface area (Å²) in [6.45, 7) is 0. The van der Waals surface area contributed by atoms with Crippen LogP contribution < -0.4 is 0 Å². The van der Waals surface area contributed by atoms with Crippen LogP contribution in [0.1, 0.15) is 5.56 Å². The average Bonchev–Trinajstić information content (AvgIpc) is 2.40. The number of hydrogen-bond donors (Lipinski definition) is 1. The van der Waals surface area contributed by atoms with E-state index in [-0.39, 0.29) is 4.31 Å². The van der Waals surface area contributed by atoms with Gasteiger partial charge in [-0.15, -0.1) is 0 Å². The van der Waals surface area contributed by atoms with Crippen LogP contribution >= 0.6 is 0 Å². The highest BCUT2D eigenvalue weighted by Crippen LogP contribution is 2.28. The average molecular weight is 294 g/mol. The molecule has 1 fully saturated rings. The molecule has 1 amide bonds. The van der Waals surface area contributed by atoms with Crippen LogP contribution in [0.4, 0.5) is 0 Å². The van der Waals surface area contributed by atoms with E-state index in [1.807, 2.05) is 6.07 Å². The summed E-state index contributed by atoms with van der Waals surface area (Å²) in [4.78, 5) is 14.0. The largest absolute Gasteiger partial charge is 0.362 e. The van der Waals surface area contributed by atoms with Gasteiger partial charge in [0, 0.05) is 4.91 Å². The number of amides is 1. The van der Waals surface area contributed by atoms with Gasteiger partial charge in [0.1, 0.15) is 6.04 Å². The minimum atomic E-state index is -4.67. The van der Waals surface area contributed by atoms with E-state index in [4.69, 9.17) is 10.1 Å². The molecule has 9 heteroatoms. The van der Waals surface area contributed by atoms with Crippen molar-refractivity contribution in [2.45, 2.75) is 12.1 Å². The maximum absolute atomic E-state index is 11.5. The van der Waals surface area contributed by atoms with E-state index in [1.54, 1.807) is 30.3 Å². The van der Waals surface area contributed by atoms with Crippen molar-refractivity contribution in [2.75, 3.05) is 0 Å². The number of hydrogen-bond acceptors (Lipinski definition) is 4. The van der Waals surface area contributed by atoms with Crippen molar-refractivity contribution < 1.29 is 17.8 Å². The number of β-lactam (4-membered cyclic amide) rings is 1. The molecule has 1 N–H and O–H groups in total. The molecule has 1 aliphatic heterocycles. The molecule has 0 aromatic heterocycles. The van der Waals surface area contributed by atoms with Crippen LogP contribution in [0.25, 0.3) is 16.5 Å². The van der Waals surface area contributed by atoms with Crippen molar-refractivity contribution in [3.8, 4) is 0 Å². The molecular formula is C11H10N4O4S. The fraction of sp³-hybridized carbons (Fsp3) is 0.182. The van der Waals surface area contributed by atoms with Crippen LogP contribution in [-0.4, -0.2) is 35.3 Å². The van der Waals surface area contributed by atoms with Crippen LogP contribution in [0.5, 0.6) is 0 Å². The second-order valence-electron chi connectivity index (χ2n) is 4.02. The van der Waals surface area contributed by atoms with Gasteiger partial charge in [-0.2, -0.15) is 8.42 Å². The van der Waals surface area contributed by atoms with Crippen molar-refractivity contribution >= 4 is 22.3 Å². The summed E-state index contributed by atoms with van der Waals surface area (Å²) < 4.78 is 31.4. The summed E-state index contributed by atoms with van der Waals surface area (Å²) in [6.07, 6.45) is 2.97. The van der Waals surface area contributed by atoms with Crippen LogP contribution in [-0.2, 0) is 15.1 Å². The molecule has 0 saturated carbocycles. The molecule has 8 nitrogen and oxygen atoms in total. The minimum Gasteiger partial charge on any atom is -0.273 e. The molecule has 0 unspecified atom stereocenters. The number of azide groups is 1. The molecule has 104 valence electrons. The second-order valence-corrected chi connectivity index (χ2v) is 5.31. The zero-order chi connectivity index (χ0) is 14.8. The maximum atomic E-state index is 11.5. The molecule has 2 rings (SSSR count). The lowest BCUT2D eigenvalue weighted by Gasteiger charge is -2.40. The van der Waals surface area contributed by atoms with Gasteiger partial charge in [-0.25, -0.2) is 4.31 Å². The summed E-state index contributed by atoms with van der Waals surface area (Å²) in [6, 6.07) is 6.76. The van der Waals surface area contributed by atoms with Gasteiger partial charge >= 0.3 is 10.3 Å². The summed E-state index contributed by atoms with van der Waals surface area (Å²) in [7, 11) is -4.67. The molecule has 2 atom stereocenters. The van der Waals surface area contributed by atoms with E-state index in [2.05, 4.69) is 10.0 Å². The van der Waals surface area contributed by atoms with Gasteiger partial charge in [0.25, 0.3) is 0 Å². The Morgan fingerprint density at radius 3 is 2.55 bits per heavy atom. The fourth-order valence-corrected chi connectivity index (χ4v) is 2.70. The Morgan fingerprint density at radius 1 is 1.35 bits per heavy atom. The molecule has 1 aromatic carbocycles. The van der Waals surface area contributed by atoms with E-state index >= 15 is 0 Å². The molecular weight excluding hydrogens is 284 g/mol. The van der Waals surface area contributed by atoms with Gasteiger partial charge in [-0.05, 0) is 11.1 Å². The minimum absolute atomic E-state index is 0.284. The molecule has 0 radical (unpaired) electrons. The number of carbonyl (C=O) groups excluding carboxylic acids is 1. The predicted octanol–water partition coefficient (Wildman–Crippen LogP) is 1.39. The van der Waals surface area contributed by atoms with Crippen molar-refractivity contribution in [3.05, 3.63) is 52.4 Å².